The van der Waals surface area contributed by atoms with Gasteiger partial charge in [-0.1, -0.05) is 67.1 Å². The minimum atomic E-state index is -0.0602. The maximum absolute atomic E-state index is 12.5. The van der Waals surface area contributed by atoms with Crippen LogP contribution in [0, 0.1) is 0 Å². The number of carbonyl (C=O) groups excluding carboxylic acids is 1. The molecule has 1 aliphatic rings. The monoisotopic (exact) mass is 381 g/mol. The van der Waals surface area contributed by atoms with Crippen LogP contribution < -0.4 is 5.32 Å². The molecule has 1 aromatic heterocycles. The average Bonchev–Trinajstić information content (AvgIpc) is 3.37. The van der Waals surface area contributed by atoms with Gasteiger partial charge in [0.25, 0.3) is 0 Å². The molecule has 1 atom stereocenters. The Hall–Kier alpha value is -2.41. The van der Waals surface area contributed by atoms with Crippen molar-refractivity contribution in [3.63, 3.8) is 0 Å². The number of thioether (sulfide) groups is 1. The number of aromatic nitrogens is 4. The maximum Gasteiger partial charge on any atom is 0.230 e. The molecule has 0 bridgehead atoms. The highest BCUT2D eigenvalue weighted by Gasteiger charge is 2.22. The summed E-state index contributed by atoms with van der Waals surface area (Å²) in [7, 11) is 0. The van der Waals surface area contributed by atoms with Crippen molar-refractivity contribution in [2.45, 2.75) is 49.8 Å². The van der Waals surface area contributed by atoms with E-state index in [1.165, 1.54) is 35.4 Å². The van der Waals surface area contributed by atoms with Crippen LogP contribution in [0.5, 0.6) is 0 Å². The van der Waals surface area contributed by atoms with Crippen LogP contribution in [0.3, 0.4) is 0 Å². The largest absolute Gasteiger partial charge is 0.349 e. The van der Waals surface area contributed by atoms with Gasteiger partial charge in [-0.3, -0.25) is 4.79 Å². The fraction of sp³-hybridized carbons (Fsp3) is 0.400. The molecule has 1 unspecified atom stereocenters. The van der Waals surface area contributed by atoms with Crippen LogP contribution in [0.25, 0.3) is 10.8 Å². The van der Waals surface area contributed by atoms with Crippen molar-refractivity contribution in [1.29, 1.82) is 0 Å². The molecule has 1 saturated carbocycles. The summed E-state index contributed by atoms with van der Waals surface area (Å²) < 4.78 is 1.89. The van der Waals surface area contributed by atoms with Gasteiger partial charge in [0.15, 0.2) is 0 Å². The van der Waals surface area contributed by atoms with Crippen molar-refractivity contribution in [2.75, 3.05) is 5.75 Å². The maximum atomic E-state index is 12.5. The van der Waals surface area contributed by atoms with Gasteiger partial charge < -0.3 is 5.32 Å². The van der Waals surface area contributed by atoms with Gasteiger partial charge in [0.1, 0.15) is 0 Å². The molecule has 1 heterocycles. The molecule has 1 aliphatic carbocycles. The Bertz CT molecular complexity index is 930. The molecule has 4 rings (SSSR count). The van der Waals surface area contributed by atoms with Gasteiger partial charge in [0.2, 0.25) is 11.1 Å². The summed E-state index contributed by atoms with van der Waals surface area (Å²) in [6.45, 7) is 2.02. The van der Waals surface area contributed by atoms with Crippen LogP contribution in [0.4, 0.5) is 0 Å². The highest BCUT2D eigenvalue weighted by molar-refractivity contribution is 7.99. The molecular weight excluding hydrogens is 358 g/mol. The number of nitrogens with one attached hydrogen (secondary N) is 1. The lowest BCUT2D eigenvalue weighted by Crippen LogP contribution is -2.28. The second kappa shape index (κ2) is 8.08. The summed E-state index contributed by atoms with van der Waals surface area (Å²) in [6, 6.07) is 14.7. The van der Waals surface area contributed by atoms with E-state index in [2.05, 4.69) is 45.1 Å². The van der Waals surface area contributed by atoms with Crippen LogP contribution in [0.15, 0.2) is 47.6 Å². The van der Waals surface area contributed by atoms with Gasteiger partial charge in [-0.15, -0.1) is 5.10 Å². The quantitative estimate of drug-likeness (QED) is 0.656. The smallest absolute Gasteiger partial charge is 0.230 e. The van der Waals surface area contributed by atoms with Crippen molar-refractivity contribution in [1.82, 2.24) is 25.5 Å². The zero-order valence-corrected chi connectivity index (χ0v) is 16.2. The van der Waals surface area contributed by atoms with Gasteiger partial charge >= 0.3 is 0 Å². The van der Waals surface area contributed by atoms with Gasteiger partial charge in [-0.05, 0) is 46.5 Å². The Morgan fingerprint density at radius 2 is 2.00 bits per heavy atom. The van der Waals surface area contributed by atoms with Crippen LogP contribution in [-0.4, -0.2) is 31.9 Å². The SMILES string of the molecule is CC(NC(=O)CSc1nnnn1C1CCCC1)c1cccc2ccccc12. The van der Waals surface area contributed by atoms with E-state index in [0.717, 1.165) is 23.6 Å². The number of benzene rings is 2. The zero-order valence-electron chi connectivity index (χ0n) is 15.3. The summed E-state index contributed by atoms with van der Waals surface area (Å²) in [5, 5.41) is 18.2. The average molecular weight is 382 g/mol. The van der Waals surface area contributed by atoms with Gasteiger partial charge in [-0.25, -0.2) is 4.68 Å². The first kappa shape index (κ1) is 18.0. The highest BCUT2D eigenvalue weighted by atomic mass is 32.2. The Balaban J connectivity index is 1.39. The van der Waals surface area contributed by atoms with E-state index in [4.69, 9.17) is 0 Å². The number of nitrogens with zero attached hydrogens (tertiary/aromatic N) is 4. The first-order chi connectivity index (χ1) is 13.2. The molecule has 1 amide bonds. The van der Waals surface area contributed by atoms with E-state index in [1.54, 1.807) is 0 Å². The van der Waals surface area contributed by atoms with Crippen LogP contribution in [-0.2, 0) is 4.79 Å². The van der Waals surface area contributed by atoms with Gasteiger partial charge in [0, 0.05) is 0 Å². The molecule has 2 aromatic carbocycles. The van der Waals surface area contributed by atoms with E-state index in [0.29, 0.717) is 11.8 Å². The Labute approximate surface area is 162 Å². The molecule has 6 nitrogen and oxygen atoms in total. The van der Waals surface area contributed by atoms with Gasteiger partial charge in [-0.2, -0.15) is 0 Å². The van der Waals surface area contributed by atoms with Crippen molar-refractivity contribution in [2.24, 2.45) is 0 Å². The minimum absolute atomic E-state index is 0.0126. The zero-order chi connectivity index (χ0) is 18.6. The lowest BCUT2D eigenvalue weighted by molar-refractivity contribution is -0.119. The number of hydrogen-bond acceptors (Lipinski definition) is 5. The molecule has 0 saturated heterocycles. The summed E-state index contributed by atoms with van der Waals surface area (Å²) in [5.74, 6) is 0.295. The number of fused-ring (bicyclic) bond motifs is 1. The number of hydrogen-bond donors (Lipinski definition) is 1. The molecule has 140 valence electrons. The molecule has 27 heavy (non-hydrogen) atoms. The summed E-state index contributed by atoms with van der Waals surface area (Å²) in [5.41, 5.74) is 1.13. The molecule has 1 fully saturated rings. The number of tetrazole rings is 1. The third-order valence-electron chi connectivity index (χ3n) is 5.13. The predicted molar refractivity (Wildman–Crippen MR) is 107 cm³/mol. The van der Waals surface area contributed by atoms with Crippen LogP contribution in [0.2, 0.25) is 0 Å². The number of amides is 1. The third kappa shape index (κ3) is 3.98. The normalized spacial score (nSPS) is 15.9. The first-order valence-corrected chi connectivity index (χ1v) is 10.4. The highest BCUT2D eigenvalue weighted by Crippen LogP contribution is 2.31. The first-order valence-electron chi connectivity index (χ1n) is 9.40. The van der Waals surface area contributed by atoms with Crippen molar-refractivity contribution >= 4 is 28.4 Å². The Morgan fingerprint density at radius 3 is 2.85 bits per heavy atom. The standard InChI is InChI=1S/C20H23N5OS/c1-14(17-12-6-8-15-7-2-5-11-18(15)17)21-19(26)13-27-20-22-23-24-25(20)16-9-3-4-10-16/h2,5-8,11-12,14,16H,3-4,9-10,13H2,1H3,(H,21,26). The lowest BCUT2D eigenvalue weighted by Gasteiger charge is -2.17. The van der Waals surface area contributed by atoms with Crippen molar-refractivity contribution in [3.05, 3.63) is 48.0 Å². The third-order valence-corrected chi connectivity index (χ3v) is 6.07. The Kier molecular flexibility index (Phi) is 5.38. The molecule has 3 aromatic rings. The fourth-order valence-electron chi connectivity index (χ4n) is 3.78. The lowest BCUT2D eigenvalue weighted by atomic mass is 10.00. The van der Waals surface area contributed by atoms with Crippen LogP contribution >= 0.6 is 11.8 Å². The van der Waals surface area contributed by atoms with E-state index >= 15 is 0 Å². The van der Waals surface area contributed by atoms with Crippen LogP contribution in [0.1, 0.15) is 50.3 Å². The second-order valence-electron chi connectivity index (χ2n) is 6.99. The molecular formula is C20H23N5OS. The minimum Gasteiger partial charge on any atom is -0.349 e. The summed E-state index contributed by atoms with van der Waals surface area (Å²) in [4.78, 5) is 12.5. The number of rotatable bonds is 6. The summed E-state index contributed by atoms with van der Waals surface area (Å²) in [6.07, 6.45) is 4.67. The Morgan fingerprint density at radius 1 is 1.22 bits per heavy atom. The van der Waals surface area contributed by atoms with Crippen molar-refractivity contribution < 1.29 is 4.79 Å². The van der Waals surface area contributed by atoms with Crippen molar-refractivity contribution in [3.8, 4) is 0 Å². The molecule has 7 heteroatoms. The second-order valence-corrected chi connectivity index (χ2v) is 7.93. The number of carbonyl (C=O) groups is 1. The molecule has 0 aliphatic heterocycles. The summed E-state index contributed by atoms with van der Waals surface area (Å²) >= 11 is 1.40. The van der Waals surface area contributed by atoms with E-state index < -0.39 is 0 Å². The predicted octanol–water partition coefficient (Wildman–Crippen LogP) is 3.91. The van der Waals surface area contributed by atoms with E-state index in [1.807, 2.05) is 29.8 Å². The molecule has 1 N–H and O–H groups in total. The topological polar surface area (TPSA) is 72.7 Å². The van der Waals surface area contributed by atoms with E-state index in [-0.39, 0.29) is 11.9 Å². The fourth-order valence-corrected chi connectivity index (χ4v) is 4.53. The van der Waals surface area contributed by atoms with Gasteiger partial charge in [0.05, 0.1) is 17.8 Å². The van der Waals surface area contributed by atoms with E-state index in [9.17, 15) is 4.79 Å². The molecule has 0 spiro atoms. The molecule has 0 radical (unpaired) electrons.